The SMILES string of the molecule is CCCCC/C=C\C/C=C\CCCCCCCC(=O)OCC(COC(=O)CCCCCCCCCCCCCCCCCCCCCCCCCCCCCCC)OC(=O)CCCCCCC/C=C\CCCCCCCCC. The van der Waals surface area contributed by atoms with Gasteiger partial charge in [0.25, 0.3) is 0 Å². The molecule has 0 aromatic heterocycles. The molecule has 0 N–H and O–H groups in total. The highest BCUT2D eigenvalue weighted by Gasteiger charge is 2.19. The van der Waals surface area contributed by atoms with Gasteiger partial charge in [-0.05, 0) is 77.0 Å². The van der Waals surface area contributed by atoms with Crippen molar-refractivity contribution in [2.24, 2.45) is 0 Å². The van der Waals surface area contributed by atoms with E-state index in [1.54, 1.807) is 0 Å². The van der Waals surface area contributed by atoms with E-state index in [4.69, 9.17) is 14.2 Å². The topological polar surface area (TPSA) is 78.9 Å². The van der Waals surface area contributed by atoms with Crippen molar-refractivity contribution in [1.82, 2.24) is 0 Å². The fourth-order valence-electron chi connectivity index (χ4n) is 10.6. The summed E-state index contributed by atoms with van der Waals surface area (Å²) in [5, 5.41) is 0. The smallest absolute Gasteiger partial charge is 0.306 e. The largest absolute Gasteiger partial charge is 0.462 e. The zero-order valence-corrected chi connectivity index (χ0v) is 52.7. The Balaban J connectivity index is 4.19. The van der Waals surface area contributed by atoms with Crippen molar-refractivity contribution in [3.05, 3.63) is 36.5 Å². The van der Waals surface area contributed by atoms with Crippen LogP contribution >= 0.6 is 0 Å². The van der Waals surface area contributed by atoms with E-state index in [1.807, 2.05) is 0 Å². The summed E-state index contributed by atoms with van der Waals surface area (Å²) in [5.74, 6) is -0.873. The number of ether oxygens (including phenoxy) is 3. The van der Waals surface area contributed by atoms with Gasteiger partial charge in [-0.1, -0.05) is 327 Å². The summed E-state index contributed by atoms with van der Waals surface area (Å²) in [7, 11) is 0. The standard InChI is InChI=1S/C72H134O6/c1-4-7-10-13-16-19-22-25-28-30-31-32-33-34-35-36-37-38-39-40-41-42-45-47-50-53-56-59-62-65-71(74)77-68-69(67-76-70(73)64-61-58-55-52-49-46-43-27-24-21-18-15-12-9-6-3)78-72(75)66-63-60-57-54-51-48-44-29-26-23-20-17-14-11-8-5-2/h18,21,27,29,43-44,69H,4-17,19-20,22-26,28,30-42,45-68H2,1-3H3/b21-18-,43-27-,44-29-. The number of carbonyl (C=O) groups is 3. The average Bonchev–Trinajstić information content (AvgIpc) is 3.44. The zero-order chi connectivity index (χ0) is 56.4. The molecule has 0 rings (SSSR count). The highest BCUT2D eigenvalue weighted by molar-refractivity contribution is 5.71. The first-order valence-electron chi connectivity index (χ1n) is 35.0. The lowest BCUT2D eigenvalue weighted by atomic mass is 10.0. The number of hydrogen-bond donors (Lipinski definition) is 0. The van der Waals surface area contributed by atoms with Gasteiger partial charge in [0.15, 0.2) is 6.10 Å². The van der Waals surface area contributed by atoms with E-state index in [0.717, 1.165) is 83.5 Å². The summed E-state index contributed by atoms with van der Waals surface area (Å²) < 4.78 is 17.0. The fraction of sp³-hybridized carbons (Fsp3) is 0.875. The summed E-state index contributed by atoms with van der Waals surface area (Å²) in [6.45, 7) is 6.66. The molecule has 0 saturated heterocycles. The van der Waals surface area contributed by atoms with Crippen LogP contribution in [0.1, 0.15) is 387 Å². The van der Waals surface area contributed by atoms with Crippen molar-refractivity contribution >= 4 is 17.9 Å². The van der Waals surface area contributed by atoms with Crippen LogP contribution < -0.4 is 0 Å². The summed E-state index contributed by atoms with van der Waals surface area (Å²) >= 11 is 0. The van der Waals surface area contributed by atoms with Gasteiger partial charge in [0, 0.05) is 19.3 Å². The minimum Gasteiger partial charge on any atom is -0.462 e. The number of unbranched alkanes of at least 4 members (excludes halogenated alkanes) is 48. The minimum atomic E-state index is -0.781. The predicted molar refractivity (Wildman–Crippen MR) is 339 cm³/mol. The average molecular weight is 1100 g/mol. The Morgan fingerprint density at radius 1 is 0.256 bits per heavy atom. The summed E-state index contributed by atoms with van der Waals surface area (Å²) in [4.78, 5) is 38.4. The van der Waals surface area contributed by atoms with Crippen LogP contribution in [0.2, 0.25) is 0 Å². The Morgan fingerprint density at radius 3 is 0.744 bits per heavy atom. The second kappa shape index (κ2) is 67.1. The second-order valence-electron chi connectivity index (χ2n) is 23.8. The van der Waals surface area contributed by atoms with Crippen molar-refractivity contribution in [3.8, 4) is 0 Å². The molecule has 0 amide bonds. The maximum atomic E-state index is 12.9. The van der Waals surface area contributed by atoms with Gasteiger partial charge in [-0.3, -0.25) is 14.4 Å². The molecule has 0 aromatic carbocycles. The second-order valence-corrected chi connectivity index (χ2v) is 23.8. The predicted octanol–water partition coefficient (Wildman–Crippen LogP) is 23.9. The first kappa shape index (κ1) is 75.6. The lowest BCUT2D eigenvalue weighted by molar-refractivity contribution is -0.167. The molecule has 0 radical (unpaired) electrons. The van der Waals surface area contributed by atoms with Gasteiger partial charge in [0.05, 0.1) is 0 Å². The maximum absolute atomic E-state index is 12.9. The Bertz CT molecular complexity index is 1300. The van der Waals surface area contributed by atoms with Crippen LogP contribution in [0, 0.1) is 0 Å². The zero-order valence-electron chi connectivity index (χ0n) is 52.7. The number of esters is 3. The van der Waals surface area contributed by atoms with Crippen molar-refractivity contribution in [1.29, 1.82) is 0 Å². The van der Waals surface area contributed by atoms with Crippen molar-refractivity contribution in [3.63, 3.8) is 0 Å². The van der Waals surface area contributed by atoms with Crippen molar-refractivity contribution in [2.45, 2.75) is 393 Å². The number of hydrogen-bond acceptors (Lipinski definition) is 6. The third-order valence-corrected chi connectivity index (χ3v) is 15.9. The summed E-state index contributed by atoms with van der Waals surface area (Å²) in [6, 6.07) is 0. The highest BCUT2D eigenvalue weighted by Crippen LogP contribution is 2.18. The molecule has 1 atom stereocenters. The van der Waals surface area contributed by atoms with Crippen LogP contribution in [-0.2, 0) is 28.6 Å². The monoisotopic (exact) mass is 1100 g/mol. The summed E-state index contributed by atoms with van der Waals surface area (Å²) in [5.41, 5.74) is 0. The van der Waals surface area contributed by atoms with Crippen LogP contribution in [0.15, 0.2) is 36.5 Å². The van der Waals surface area contributed by atoms with E-state index in [1.165, 1.54) is 263 Å². The van der Waals surface area contributed by atoms with Crippen LogP contribution in [0.3, 0.4) is 0 Å². The fourth-order valence-corrected chi connectivity index (χ4v) is 10.6. The minimum absolute atomic E-state index is 0.0758. The van der Waals surface area contributed by atoms with Gasteiger partial charge in [-0.15, -0.1) is 0 Å². The number of rotatable bonds is 65. The molecular weight excluding hydrogens is 961 g/mol. The molecule has 6 nitrogen and oxygen atoms in total. The Morgan fingerprint density at radius 2 is 0.462 bits per heavy atom. The van der Waals surface area contributed by atoms with Crippen LogP contribution in [0.5, 0.6) is 0 Å². The van der Waals surface area contributed by atoms with Gasteiger partial charge in [-0.2, -0.15) is 0 Å². The first-order valence-corrected chi connectivity index (χ1v) is 35.0. The van der Waals surface area contributed by atoms with Gasteiger partial charge < -0.3 is 14.2 Å². The quantitative estimate of drug-likeness (QED) is 0.0261. The summed E-state index contributed by atoms with van der Waals surface area (Å²) in [6.07, 6.45) is 83.2. The molecule has 6 heteroatoms. The first-order chi connectivity index (χ1) is 38.5. The number of carbonyl (C=O) groups excluding carboxylic acids is 3. The molecule has 0 aromatic rings. The van der Waals surface area contributed by atoms with Gasteiger partial charge in [-0.25, -0.2) is 0 Å². The van der Waals surface area contributed by atoms with E-state index in [2.05, 4.69) is 57.2 Å². The van der Waals surface area contributed by atoms with E-state index in [-0.39, 0.29) is 31.1 Å². The number of allylic oxidation sites excluding steroid dienone is 6. The molecular formula is C72H134O6. The van der Waals surface area contributed by atoms with Gasteiger partial charge in [0.1, 0.15) is 13.2 Å². The van der Waals surface area contributed by atoms with Crippen molar-refractivity contribution in [2.75, 3.05) is 13.2 Å². The molecule has 458 valence electrons. The Hall–Kier alpha value is -2.37. The molecule has 0 spiro atoms. The van der Waals surface area contributed by atoms with E-state index >= 15 is 0 Å². The molecule has 0 aliphatic heterocycles. The van der Waals surface area contributed by atoms with Crippen LogP contribution in [0.4, 0.5) is 0 Å². The molecule has 0 fully saturated rings. The highest BCUT2D eigenvalue weighted by atomic mass is 16.6. The van der Waals surface area contributed by atoms with Crippen molar-refractivity contribution < 1.29 is 28.6 Å². The Labute approximate surface area is 486 Å². The lowest BCUT2D eigenvalue weighted by Gasteiger charge is -2.18. The van der Waals surface area contributed by atoms with Crippen LogP contribution in [-0.4, -0.2) is 37.2 Å². The molecule has 0 bridgehead atoms. The van der Waals surface area contributed by atoms with E-state index < -0.39 is 6.10 Å². The van der Waals surface area contributed by atoms with Crippen LogP contribution in [0.25, 0.3) is 0 Å². The third kappa shape index (κ3) is 64.5. The van der Waals surface area contributed by atoms with E-state index in [9.17, 15) is 14.4 Å². The van der Waals surface area contributed by atoms with Gasteiger partial charge >= 0.3 is 17.9 Å². The van der Waals surface area contributed by atoms with Gasteiger partial charge in [0.2, 0.25) is 0 Å². The lowest BCUT2D eigenvalue weighted by Crippen LogP contribution is -2.30. The third-order valence-electron chi connectivity index (χ3n) is 15.9. The molecule has 0 aliphatic rings. The molecule has 0 saturated carbocycles. The molecule has 78 heavy (non-hydrogen) atoms. The molecule has 0 heterocycles. The normalized spacial score (nSPS) is 12.2. The van der Waals surface area contributed by atoms with E-state index in [0.29, 0.717) is 19.3 Å². The maximum Gasteiger partial charge on any atom is 0.306 e. The molecule has 1 unspecified atom stereocenters. The Kier molecular flexibility index (Phi) is 65.1. The molecule has 0 aliphatic carbocycles.